The van der Waals surface area contributed by atoms with Crippen LogP contribution in [0.1, 0.15) is 18.9 Å². The largest absolute Gasteiger partial charge is 0.419 e. The van der Waals surface area contributed by atoms with Gasteiger partial charge in [-0.05, 0) is 37.1 Å². The normalized spacial score (nSPS) is 14.0. The van der Waals surface area contributed by atoms with Gasteiger partial charge in [0, 0.05) is 18.3 Å². The van der Waals surface area contributed by atoms with Gasteiger partial charge in [0.25, 0.3) is 0 Å². The van der Waals surface area contributed by atoms with E-state index in [2.05, 4.69) is 10.2 Å². The van der Waals surface area contributed by atoms with Crippen LogP contribution in [0.4, 0.5) is 4.39 Å². The number of nitrogens with zero attached hydrogens (tertiary/aromatic N) is 4. The van der Waals surface area contributed by atoms with Crippen molar-refractivity contribution < 1.29 is 8.81 Å². The van der Waals surface area contributed by atoms with Gasteiger partial charge >= 0.3 is 5.76 Å². The number of rotatable bonds is 6. The third kappa shape index (κ3) is 3.03. The van der Waals surface area contributed by atoms with Gasteiger partial charge in [-0.25, -0.2) is 9.18 Å². The second-order valence-corrected chi connectivity index (χ2v) is 7.79. The van der Waals surface area contributed by atoms with Gasteiger partial charge in [-0.15, -0.1) is 10.2 Å². The SMILES string of the molecule is O=c1oc2ccccc2n1CCSc1nnc(-c2ccccc2F)n1C1CC1. The van der Waals surface area contributed by atoms with Crippen molar-refractivity contribution in [2.45, 2.75) is 30.6 Å². The lowest BCUT2D eigenvalue weighted by Crippen LogP contribution is -2.15. The average Bonchev–Trinajstić information content (AvgIpc) is 3.38. The van der Waals surface area contributed by atoms with Crippen molar-refractivity contribution in [3.05, 3.63) is 64.9 Å². The molecule has 1 saturated carbocycles. The number of benzene rings is 2. The highest BCUT2D eigenvalue weighted by Crippen LogP contribution is 2.41. The van der Waals surface area contributed by atoms with Crippen LogP contribution in [0.2, 0.25) is 0 Å². The second-order valence-electron chi connectivity index (χ2n) is 6.72. The molecule has 2 heterocycles. The first kappa shape index (κ1) is 17.2. The van der Waals surface area contributed by atoms with E-state index < -0.39 is 0 Å². The van der Waals surface area contributed by atoms with Crippen LogP contribution in [-0.4, -0.2) is 25.1 Å². The van der Waals surface area contributed by atoms with Gasteiger partial charge in [-0.2, -0.15) is 0 Å². The van der Waals surface area contributed by atoms with Crippen molar-refractivity contribution in [1.82, 2.24) is 19.3 Å². The summed E-state index contributed by atoms with van der Waals surface area (Å²) in [5.41, 5.74) is 1.83. The Morgan fingerprint density at radius 3 is 2.71 bits per heavy atom. The minimum Gasteiger partial charge on any atom is -0.408 e. The molecule has 1 aliphatic carbocycles. The molecule has 0 N–H and O–H groups in total. The molecule has 0 radical (unpaired) electrons. The van der Waals surface area contributed by atoms with Gasteiger partial charge in [0.2, 0.25) is 0 Å². The Bertz CT molecular complexity index is 1210. The fourth-order valence-electron chi connectivity index (χ4n) is 3.32. The number of para-hydroxylation sites is 2. The van der Waals surface area contributed by atoms with Crippen LogP contribution in [0.25, 0.3) is 22.5 Å². The molecular formula is C20H17FN4O2S. The van der Waals surface area contributed by atoms with Crippen LogP contribution >= 0.6 is 11.8 Å². The highest BCUT2D eigenvalue weighted by molar-refractivity contribution is 7.99. The Morgan fingerprint density at radius 2 is 1.89 bits per heavy atom. The summed E-state index contributed by atoms with van der Waals surface area (Å²) in [4.78, 5) is 12.1. The molecule has 28 heavy (non-hydrogen) atoms. The topological polar surface area (TPSA) is 65.8 Å². The maximum Gasteiger partial charge on any atom is 0.419 e. The summed E-state index contributed by atoms with van der Waals surface area (Å²) in [6.45, 7) is 0.493. The van der Waals surface area contributed by atoms with Crippen LogP contribution in [0.15, 0.2) is 62.9 Å². The molecule has 0 atom stereocenters. The zero-order valence-electron chi connectivity index (χ0n) is 14.9. The number of hydrogen-bond donors (Lipinski definition) is 0. The molecule has 0 unspecified atom stereocenters. The van der Waals surface area contributed by atoms with Crippen molar-refractivity contribution >= 4 is 22.9 Å². The molecular weight excluding hydrogens is 379 g/mol. The molecule has 0 bridgehead atoms. The van der Waals surface area contributed by atoms with Crippen LogP contribution in [0, 0.1) is 5.82 Å². The van der Waals surface area contributed by atoms with E-state index in [0.29, 0.717) is 35.3 Å². The molecule has 6 nitrogen and oxygen atoms in total. The molecule has 2 aromatic carbocycles. The Morgan fingerprint density at radius 1 is 1.11 bits per heavy atom. The van der Waals surface area contributed by atoms with E-state index >= 15 is 0 Å². The summed E-state index contributed by atoms with van der Waals surface area (Å²) in [5, 5.41) is 9.31. The molecule has 2 aromatic heterocycles. The summed E-state index contributed by atoms with van der Waals surface area (Å²) in [6, 6.07) is 14.3. The number of aryl methyl sites for hydroxylation is 1. The number of fused-ring (bicyclic) bond motifs is 1. The third-order valence-corrected chi connectivity index (χ3v) is 5.73. The van der Waals surface area contributed by atoms with E-state index in [0.717, 1.165) is 23.5 Å². The Labute approximate surface area is 164 Å². The maximum atomic E-state index is 14.2. The van der Waals surface area contributed by atoms with E-state index in [4.69, 9.17) is 4.42 Å². The first-order valence-corrected chi connectivity index (χ1v) is 10.1. The summed E-state index contributed by atoms with van der Waals surface area (Å²) < 4.78 is 23.2. The number of oxazole rings is 1. The molecule has 4 aromatic rings. The van der Waals surface area contributed by atoms with E-state index in [1.54, 1.807) is 28.8 Å². The summed E-state index contributed by atoms with van der Waals surface area (Å²) in [5.74, 6) is 0.530. The number of aromatic nitrogens is 4. The zero-order valence-corrected chi connectivity index (χ0v) is 15.7. The van der Waals surface area contributed by atoms with Crippen LogP contribution in [-0.2, 0) is 6.54 Å². The first-order chi connectivity index (χ1) is 13.7. The first-order valence-electron chi connectivity index (χ1n) is 9.13. The molecule has 142 valence electrons. The Kier molecular flexibility index (Phi) is 4.27. The zero-order chi connectivity index (χ0) is 19.1. The predicted octanol–water partition coefficient (Wildman–Crippen LogP) is 4.12. The highest BCUT2D eigenvalue weighted by atomic mass is 32.2. The van der Waals surface area contributed by atoms with Gasteiger partial charge in [0.15, 0.2) is 16.6 Å². The lowest BCUT2D eigenvalue weighted by molar-refractivity contribution is 0.514. The van der Waals surface area contributed by atoms with E-state index in [1.165, 1.54) is 17.8 Å². The molecule has 5 rings (SSSR count). The summed E-state index contributed by atoms with van der Waals surface area (Å²) in [6.07, 6.45) is 2.08. The van der Waals surface area contributed by atoms with Gasteiger partial charge < -0.3 is 4.42 Å². The molecule has 0 saturated heterocycles. The van der Waals surface area contributed by atoms with Crippen molar-refractivity contribution in [3.63, 3.8) is 0 Å². The molecule has 0 aliphatic heterocycles. The lowest BCUT2D eigenvalue weighted by Gasteiger charge is -2.09. The van der Waals surface area contributed by atoms with E-state index in [-0.39, 0.29) is 11.6 Å². The van der Waals surface area contributed by atoms with Gasteiger partial charge in [-0.3, -0.25) is 9.13 Å². The van der Waals surface area contributed by atoms with E-state index in [1.807, 2.05) is 22.8 Å². The van der Waals surface area contributed by atoms with Crippen molar-refractivity contribution in [3.8, 4) is 11.4 Å². The number of hydrogen-bond acceptors (Lipinski definition) is 5. The molecule has 0 amide bonds. The molecule has 0 spiro atoms. The predicted molar refractivity (Wildman–Crippen MR) is 105 cm³/mol. The second kappa shape index (κ2) is 6.94. The monoisotopic (exact) mass is 396 g/mol. The van der Waals surface area contributed by atoms with Crippen molar-refractivity contribution in [1.29, 1.82) is 0 Å². The van der Waals surface area contributed by atoms with Crippen LogP contribution < -0.4 is 5.76 Å². The number of halogens is 1. The maximum absolute atomic E-state index is 14.2. The summed E-state index contributed by atoms with van der Waals surface area (Å²) in [7, 11) is 0. The van der Waals surface area contributed by atoms with Crippen molar-refractivity contribution in [2.24, 2.45) is 0 Å². The minimum atomic E-state index is -0.363. The third-order valence-electron chi connectivity index (χ3n) is 4.81. The Hall–Kier alpha value is -2.87. The van der Waals surface area contributed by atoms with Gasteiger partial charge in [-0.1, -0.05) is 36.0 Å². The number of thioether (sulfide) groups is 1. The summed E-state index contributed by atoms with van der Waals surface area (Å²) >= 11 is 1.52. The standard InChI is InChI=1S/C20H17FN4O2S/c21-15-6-2-1-5-14(15)18-22-23-19(25(18)13-9-10-13)28-12-11-24-16-7-3-4-8-17(16)27-20(24)26/h1-8,13H,9-12H2. The Balaban J connectivity index is 1.40. The highest BCUT2D eigenvalue weighted by Gasteiger charge is 2.30. The van der Waals surface area contributed by atoms with Gasteiger partial charge in [0.1, 0.15) is 5.82 Å². The quantitative estimate of drug-likeness (QED) is 0.459. The molecule has 1 fully saturated rings. The molecule has 8 heteroatoms. The lowest BCUT2D eigenvalue weighted by atomic mass is 10.2. The van der Waals surface area contributed by atoms with Crippen molar-refractivity contribution in [2.75, 3.05) is 5.75 Å². The average molecular weight is 396 g/mol. The van der Waals surface area contributed by atoms with E-state index in [9.17, 15) is 9.18 Å². The molecule has 1 aliphatic rings. The smallest absolute Gasteiger partial charge is 0.408 e. The fraction of sp³-hybridized carbons (Fsp3) is 0.250. The minimum absolute atomic E-state index is 0.301. The fourth-order valence-corrected chi connectivity index (χ4v) is 4.25. The van der Waals surface area contributed by atoms with Gasteiger partial charge in [0.05, 0.1) is 11.1 Å². The van der Waals surface area contributed by atoms with Crippen LogP contribution in [0.5, 0.6) is 0 Å². The van der Waals surface area contributed by atoms with Crippen LogP contribution in [0.3, 0.4) is 0 Å².